The molecule has 0 spiro atoms. The van der Waals surface area contributed by atoms with E-state index in [0.29, 0.717) is 70.2 Å². The van der Waals surface area contributed by atoms with Crippen LogP contribution in [0.15, 0.2) is 94.5 Å². The number of aromatic amines is 2. The maximum Gasteiger partial charge on any atom is 0.401 e. The van der Waals surface area contributed by atoms with Gasteiger partial charge in [0.1, 0.15) is 25.9 Å². The Balaban J connectivity index is 0.000000195. The van der Waals surface area contributed by atoms with Gasteiger partial charge in [-0.1, -0.05) is 48.5 Å². The first kappa shape index (κ1) is 43.1. The van der Waals surface area contributed by atoms with Crippen molar-refractivity contribution in [2.45, 2.75) is 19.0 Å². The van der Waals surface area contributed by atoms with Crippen LogP contribution < -0.4 is 27.0 Å². The second-order valence-electron chi connectivity index (χ2n) is 14.3. The van der Waals surface area contributed by atoms with Crippen molar-refractivity contribution in [1.29, 1.82) is 0 Å². The topological polar surface area (TPSA) is 141 Å². The summed E-state index contributed by atoms with van der Waals surface area (Å²) in [6, 6.07) is 23.4. The first-order valence-corrected chi connectivity index (χ1v) is 22.5. The standard InChI is InChI=1S/C21H20F4N3O2P.C19H19FN3O2P.ClH/c22-17-6-5-14(11-18-15-3-1-2-4-16(15)20(29)27-26-18)12-19(17)31(30)9-7-28(8-10-31)13-21(23,24)25;20-16-6-5-13(12-18(16)26(25)9-7-21-8-10-26)11-17-14-3-1-2-4-15(14)19(24)23-22-17;/h1-6,12H,7-11,13H2,(H,27,29);1-6,12,21H,7-11H2,(H,23,24);1H. The SMILES string of the molecule is Cl.O=c1[nH]nc(Cc2ccc(F)c(P3(=O)CCN(CC(F)(F)F)CC3)c2)c2ccccc12.O=c1[nH]nc(Cc2ccc(F)c(P3(=O)CCNCC3)c2)c2ccccc12. The average Bonchev–Trinajstić information content (AvgIpc) is 3.19. The van der Waals surface area contributed by atoms with Crippen LogP contribution in [0.5, 0.6) is 0 Å². The zero-order valence-electron chi connectivity index (χ0n) is 31.0. The first-order chi connectivity index (χ1) is 27.2. The molecule has 18 heteroatoms. The Hall–Kier alpha value is -4.52. The highest BCUT2D eigenvalue weighted by Crippen LogP contribution is 2.48. The van der Waals surface area contributed by atoms with E-state index < -0.39 is 38.6 Å². The van der Waals surface area contributed by atoms with Gasteiger partial charge in [0, 0.05) is 85.0 Å². The Morgan fingerprint density at radius 2 is 1.03 bits per heavy atom. The first-order valence-electron chi connectivity index (χ1n) is 18.4. The quantitative estimate of drug-likeness (QED) is 0.128. The van der Waals surface area contributed by atoms with E-state index in [9.17, 15) is 40.7 Å². The molecule has 2 fully saturated rings. The van der Waals surface area contributed by atoms with Gasteiger partial charge in [-0.2, -0.15) is 23.4 Å². The molecule has 3 N–H and O–H groups in total. The summed E-state index contributed by atoms with van der Waals surface area (Å²) in [4.78, 5) is 25.1. The molecule has 4 aromatic carbocycles. The molecule has 0 aliphatic carbocycles. The van der Waals surface area contributed by atoms with E-state index in [2.05, 4.69) is 25.7 Å². The highest BCUT2D eigenvalue weighted by atomic mass is 35.5. The monoisotopic (exact) mass is 860 g/mol. The predicted molar refractivity (Wildman–Crippen MR) is 220 cm³/mol. The summed E-state index contributed by atoms with van der Waals surface area (Å²) >= 11 is 0. The molecule has 8 rings (SSSR count). The third kappa shape index (κ3) is 9.67. The minimum atomic E-state index is -4.32. The number of rotatable bonds is 7. The van der Waals surface area contributed by atoms with Crippen molar-refractivity contribution < 1.29 is 31.1 Å². The minimum Gasteiger partial charge on any atom is -0.318 e. The summed E-state index contributed by atoms with van der Waals surface area (Å²) in [5.41, 5.74) is 2.25. The number of aromatic nitrogens is 4. The lowest BCUT2D eigenvalue weighted by molar-refractivity contribution is -0.145. The molecule has 6 aromatic rings. The van der Waals surface area contributed by atoms with E-state index in [-0.39, 0.29) is 60.7 Å². The summed E-state index contributed by atoms with van der Waals surface area (Å²) in [6.45, 7) is 0.250. The van der Waals surface area contributed by atoms with E-state index in [4.69, 9.17) is 0 Å². The van der Waals surface area contributed by atoms with Crippen LogP contribution in [0.2, 0.25) is 0 Å². The fourth-order valence-electron chi connectivity index (χ4n) is 7.44. The van der Waals surface area contributed by atoms with Crippen LogP contribution in [-0.2, 0) is 22.0 Å². The van der Waals surface area contributed by atoms with Gasteiger partial charge in [0.05, 0.1) is 28.7 Å². The molecule has 10 nitrogen and oxygen atoms in total. The van der Waals surface area contributed by atoms with Crippen molar-refractivity contribution in [2.24, 2.45) is 0 Å². The van der Waals surface area contributed by atoms with Gasteiger partial charge in [-0.3, -0.25) is 14.5 Å². The Bertz CT molecular complexity index is 2650. The maximum absolute atomic E-state index is 14.6. The van der Waals surface area contributed by atoms with Crippen molar-refractivity contribution in [2.75, 3.05) is 57.4 Å². The summed E-state index contributed by atoms with van der Waals surface area (Å²) in [7, 11) is -5.86. The number of fused-ring (bicyclic) bond motifs is 2. The number of alkyl halides is 3. The molecule has 2 aromatic heterocycles. The Labute approximate surface area is 335 Å². The number of hydrogen-bond acceptors (Lipinski definition) is 8. The van der Waals surface area contributed by atoms with Gasteiger partial charge in [-0.15, -0.1) is 12.4 Å². The highest BCUT2D eigenvalue weighted by Gasteiger charge is 2.37. The van der Waals surface area contributed by atoms with Crippen LogP contribution in [0.4, 0.5) is 22.0 Å². The van der Waals surface area contributed by atoms with Gasteiger partial charge in [0.2, 0.25) is 0 Å². The number of H-pyrrole nitrogens is 2. The van der Waals surface area contributed by atoms with Crippen molar-refractivity contribution in [3.63, 3.8) is 0 Å². The number of nitrogens with zero attached hydrogens (tertiary/aromatic N) is 3. The van der Waals surface area contributed by atoms with Crippen molar-refractivity contribution in [1.82, 2.24) is 30.6 Å². The van der Waals surface area contributed by atoms with Gasteiger partial charge in [-0.05, 0) is 47.5 Å². The van der Waals surface area contributed by atoms with Crippen molar-refractivity contribution >= 4 is 58.8 Å². The third-order valence-corrected chi connectivity index (χ3v) is 16.6. The largest absolute Gasteiger partial charge is 0.401 e. The van der Waals surface area contributed by atoms with Gasteiger partial charge in [0.25, 0.3) is 11.1 Å². The lowest BCUT2D eigenvalue weighted by Crippen LogP contribution is -2.42. The molecule has 0 radical (unpaired) electrons. The zero-order valence-corrected chi connectivity index (χ0v) is 33.6. The molecular formula is C40H40ClF5N6O4P2. The predicted octanol–water partition coefficient (Wildman–Crippen LogP) is 6.19. The van der Waals surface area contributed by atoms with Crippen molar-refractivity contribution in [3.8, 4) is 0 Å². The lowest BCUT2D eigenvalue weighted by atomic mass is 10.0. The fraction of sp³-hybridized carbons (Fsp3) is 0.300. The number of benzene rings is 4. The van der Waals surface area contributed by atoms with Crippen LogP contribution in [-0.4, -0.2) is 88.8 Å². The third-order valence-electron chi connectivity index (χ3n) is 10.4. The molecule has 2 saturated heterocycles. The molecular weight excluding hydrogens is 821 g/mol. The van der Waals surface area contributed by atoms with Gasteiger partial charge >= 0.3 is 6.18 Å². The maximum atomic E-state index is 14.6. The molecule has 0 saturated carbocycles. The highest BCUT2D eigenvalue weighted by molar-refractivity contribution is 7.72. The summed E-state index contributed by atoms with van der Waals surface area (Å²) < 4.78 is 93.4. The number of hydrogen-bond donors (Lipinski definition) is 3. The lowest BCUT2D eigenvalue weighted by Gasteiger charge is -2.33. The van der Waals surface area contributed by atoms with Crippen molar-refractivity contribution in [3.05, 3.63) is 140 Å². The van der Waals surface area contributed by atoms with E-state index in [1.54, 1.807) is 54.6 Å². The van der Waals surface area contributed by atoms with Crippen LogP contribution in [0.1, 0.15) is 22.5 Å². The van der Waals surface area contributed by atoms with E-state index in [0.717, 1.165) is 10.9 Å². The molecule has 0 unspecified atom stereocenters. The Morgan fingerprint density at radius 1 is 0.621 bits per heavy atom. The fourth-order valence-corrected chi connectivity index (χ4v) is 12.8. The van der Waals surface area contributed by atoms with Gasteiger partial charge in [0.15, 0.2) is 0 Å². The van der Waals surface area contributed by atoms with E-state index >= 15 is 0 Å². The molecule has 0 amide bonds. The molecule has 0 bridgehead atoms. The normalized spacial score (nSPS) is 16.6. The average molecular weight is 861 g/mol. The minimum absolute atomic E-state index is 0. The summed E-state index contributed by atoms with van der Waals surface area (Å²) in [5.74, 6) is -1.02. The Kier molecular flexibility index (Phi) is 13.2. The second-order valence-corrected chi connectivity index (χ2v) is 20.6. The molecule has 2 aliphatic heterocycles. The van der Waals surface area contributed by atoms with Crippen LogP contribution in [0, 0.1) is 11.6 Å². The summed E-state index contributed by atoms with van der Waals surface area (Å²) in [5, 5.41) is 19.3. The molecule has 306 valence electrons. The van der Waals surface area contributed by atoms with Gasteiger partial charge in [-0.25, -0.2) is 19.0 Å². The van der Waals surface area contributed by atoms with Gasteiger partial charge < -0.3 is 14.4 Å². The molecule has 4 heterocycles. The Morgan fingerprint density at radius 3 is 1.47 bits per heavy atom. The second kappa shape index (κ2) is 17.8. The summed E-state index contributed by atoms with van der Waals surface area (Å²) in [6.07, 6.45) is -2.64. The van der Waals surface area contributed by atoms with Crippen LogP contribution in [0.3, 0.4) is 0 Å². The smallest absolute Gasteiger partial charge is 0.318 e. The number of nitrogens with one attached hydrogen (secondary N) is 3. The molecule has 2 aliphatic rings. The zero-order chi connectivity index (χ0) is 40.4. The van der Waals surface area contributed by atoms with E-state index in [1.165, 1.54) is 23.1 Å². The number of halogens is 6. The van der Waals surface area contributed by atoms with Crippen LogP contribution >= 0.6 is 26.7 Å². The molecule has 0 atom stereocenters. The molecule has 58 heavy (non-hydrogen) atoms. The van der Waals surface area contributed by atoms with E-state index in [1.807, 2.05) is 12.1 Å². The van der Waals surface area contributed by atoms with Crippen LogP contribution in [0.25, 0.3) is 21.5 Å².